The number of phenols is 1. The van der Waals surface area contributed by atoms with E-state index >= 15 is 0 Å². The molecule has 3 N–H and O–H groups in total. The summed E-state index contributed by atoms with van der Waals surface area (Å²) < 4.78 is 37.4. The third-order valence-electron chi connectivity index (χ3n) is 5.18. The van der Waals surface area contributed by atoms with Crippen molar-refractivity contribution in [3.05, 3.63) is 28.9 Å². The predicted molar refractivity (Wildman–Crippen MR) is 119 cm³/mol. The Morgan fingerprint density at radius 3 is 2.68 bits per heavy atom. The Morgan fingerprint density at radius 2 is 2.06 bits per heavy atom. The molecule has 0 saturated carbocycles. The van der Waals surface area contributed by atoms with Crippen molar-refractivity contribution in [1.82, 2.24) is 19.9 Å². The topological polar surface area (TPSA) is 125 Å². The molecule has 9 nitrogen and oxygen atoms in total. The summed E-state index contributed by atoms with van der Waals surface area (Å²) in [5, 5.41) is 21.2. The van der Waals surface area contributed by atoms with Crippen LogP contribution in [0.5, 0.6) is 5.75 Å². The molecule has 1 atom stereocenters. The van der Waals surface area contributed by atoms with Gasteiger partial charge in [0.05, 0.1) is 11.9 Å². The number of alkyl halides is 3. The SMILES string of the molecule is CCN1CCC[C@@H](Nc2nc3nc(-c4c(C)cc(Cl)cc4O)cnc3o2)C1.O=C(O)C(F)(F)F. The summed E-state index contributed by atoms with van der Waals surface area (Å²) in [4.78, 5) is 24.6. The number of nitrogens with zero attached hydrogens (tertiary/aromatic N) is 4. The second-order valence-corrected chi connectivity index (χ2v) is 8.14. The number of phenolic OH excluding ortho intramolecular Hbond substituents is 1. The molecule has 1 saturated heterocycles. The largest absolute Gasteiger partial charge is 0.507 e. The van der Waals surface area contributed by atoms with Gasteiger partial charge in [-0.05, 0) is 50.6 Å². The van der Waals surface area contributed by atoms with E-state index in [-0.39, 0.29) is 5.75 Å². The number of nitrogens with one attached hydrogen (secondary N) is 1. The van der Waals surface area contributed by atoms with Gasteiger partial charge in [-0.25, -0.2) is 14.8 Å². The summed E-state index contributed by atoms with van der Waals surface area (Å²) in [5.74, 6) is -2.69. The molecule has 4 rings (SSSR count). The van der Waals surface area contributed by atoms with E-state index < -0.39 is 12.1 Å². The molecule has 0 bridgehead atoms. The molecular formula is C21H23ClF3N5O4. The fourth-order valence-electron chi connectivity index (χ4n) is 3.60. The van der Waals surface area contributed by atoms with Gasteiger partial charge in [-0.2, -0.15) is 18.2 Å². The van der Waals surface area contributed by atoms with Crippen molar-refractivity contribution in [2.45, 2.75) is 38.9 Å². The second-order valence-electron chi connectivity index (χ2n) is 7.70. The van der Waals surface area contributed by atoms with Gasteiger partial charge in [0.15, 0.2) is 0 Å². The number of carboxylic acid groups (broad SMARTS) is 1. The zero-order chi connectivity index (χ0) is 25.0. The van der Waals surface area contributed by atoms with E-state index in [0.717, 1.165) is 38.0 Å². The Balaban J connectivity index is 0.000000406. The second kappa shape index (κ2) is 10.4. The van der Waals surface area contributed by atoms with E-state index in [2.05, 4.69) is 32.1 Å². The third-order valence-corrected chi connectivity index (χ3v) is 5.40. The lowest BCUT2D eigenvalue weighted by Gasteiger charge is -2.31. The Morgan fingerprint density at radius 1 is 1.35 bits per heavy atom. The van der Waals surface area contributed by atoms with E-state index in [9.17, 15) is 18.3 Å². The number of likely N-dealkylation sites (tertiary alicyclic amines) is 1. The maximum Gasteiger partial charge on any atom is 0.490 e. The lowest BCUT2D eigenvalue weighted by Crippen LogP contribution is -2.41. The molecule has 3 aromatic rings. The highest BCUT2D eigenvalue weighted by atomic mass is 35.5. The zero-order valence-electron chi connectivity index (χ0n) is 18.4. The fraction of sp³-hybridized carbons (Fsp3) is 0.429. The van der Waals surface area contributed by atoms with E-state index in [1.54, 1.807) is 12.3 Å². The number of hydrogen-bond acceptors (Lipinski definition) is 8. The summed E-state index contributed by atoms with van der Waals surface area (Å²) in [6.07, 6.45) is -1.27. The van der Waals surface area contributed by atoms with Crippen molar-refractivity contribution in [2.75, 3.05) is 25.0 Å². The fourth-order valence-corrected chi connectivity index (χ4v) is 3.87. The number of aromatic nitrogens is 3. The van der Waals surface area contributed by atoms with E-state index in [1.165, 1.54) is 6.07 Å². The molecule has 34 heavy (non-hydrogen) atoms. The first-order valence-corrected chi connectivity index (χ1v) is 10.8. The molecule has 184 valence electrons. The highest BCUT2D eigenvalue weighted by molar-refractivity contribution is 6.31. The van der Waals surface area contributed by atoms with Crippen LogP contribution in [0.15, 0.2) is 22.7 Å². The van der Waals surface area contributed by atoms with Gasteiger partial charge in [0.2, 0.25) is 5.65 Å². The summed E-state index contributed by atoms with van der Waals surface area (Å²) in [6.45, 7) is 7.19. The molecule has 1 aliphatic heterocycles. The summed E-state index contributed by atoms with van der Waals surface area (Å²) in [5.41, 5.74) is 2.72. The maximum absolute atomic E-state index is 10.6. The number of aromatic hydroxyl groups is 1. The molecular weight excluding hydrogens is 479 g/mol. The van der Waals surface area contributed by atoms with E-state index in [0.29, 0.717) is 39.7 Å². The number of hydrogen-bond donors (Lipinski definition) is 3. The zero-order valence-corrected chi connectivity index (χ0v) is 19.1. The number of benzene rings is 1. The molecule has 3 heterocycles. The van der Waals surface area contributed by atoms with Crippen LogP contribution in [0.3, 0.4) is 0 Å². The minimum absolute atomic E-state index is 0.0670. The average Bonchev–Trinajstić information content (AvgIpc) is 3.14. The molecule has 1 aromatic carbocycles. The molecule has 13 heteroatoms. The highest BCUT2D eigenvalue weighted by Crippen LogP contribution is 2.34. The molecule has 0 aliphatic carbocycles. The number of piperidine rings is 1. The van der Waals surface area contributed by atoms with Crippen LogP contribution in [-0.2, 0) is 4.79 Å². The average molecular weight is 502 g/mol. The van der Waals surface area contributed by atoms with E-state index in [4.69, 9.17) is 25.9 Å². The van der Waals surface area contributed by atoms with Gasteiger partial charge in [-0.1, -0.05) is 18.5 Å². The van der Waals surface area contributed by atoms with Crippen LogP contribution in [0.2, 0.25) is 5.02 Å². The van der Waals surface area contributed by atoms with Crippen LogP contribution in [0, 0.1) is 6.92 Å². The van der Waals surface area contributed by atoms with Crippen molar-refractivity contribution < 1.29 is 32.6 Å². The van der Waals surface area contributed by atoms with Gasteiger partial charge in [-0.3, -0.25) is 0 Å². The number of aryl methyl sites for hydroxylation is 1. The van der Waals surface area contributed by atoms with Crippen molar-refractivity contribution in [3.8, 4) is 17.0 Å². The minimum atomic E-state index is -5.08. The number of fused-ring (bicyclic) bond motifs is 1. The summed E-state index contributed by atoms with van der Waals surface area (Å²) in [7, 11) is 0. The van der Waals surface area contributed by atoms with Gasteiger partial charge in [0.25, 0.3) is 11.7 Å². The van der Waals surface area contributed by atoms with Crippen LogP contribution in [-0.4, -0.2) is 67.9 Å². The first-order chi connectivity index (χ1) is 16.0. The number of halogens is 4. The molecule has 0 unspecified atom stereocenters. The van der Waals surface area contributed by atoms with Crippen molar-refractivity contribution >= 4 is 34.9 Å². The monoisotopic (exact) mass is 501 g/mol. The number of rotatable bonds is 4. The van der Waals surface area contributed by atoms with Crippen molar-refractivity contribution in [1.29, 1.82) is 0 Å². The number of likely N-dealkylation sites (N-methyl/N-ethyl adjacent to an activating group) is 1. The van der Waals surface area contributed by atoms with Crippen LogP contribution in [0.1, 0.15) is 25.3 Å². The molecule has 2 aromatic heterocycles. The van der Waals surface area contributed by atoms with Gasteiger partial charge >= 0.3 is 12.1 Å². The maximum atomic E-state index is 10.6. The Labute approximate surface area is 197 Å². The Hall–Kier alpha value is -3.12. The number of oxazole rings is 1. The lowest BCUT2D eigenvalue weighted by molar-refractivity contribution is -0.192. The highest BCUT2D eigenvalue weighted by Gasteiger charge is 2.38. The first kappa shape index (κ1) is 25.5. The van der Waals surface area contributed by atoms with Gasteiger partial charge in [0.1, 0.15) is 5.75 Å². The Bertz CT molecular complexity index is 1150. The molecule has 0 spiro atoms. The predicted octanol–water partition coefficient (Wildman–Crippen LogP) is 4.48. The molecule has 0 radical (unpaired) electrons. The van der Waals surface area contributed by atoms with Crippen molar-refractivity contribution in [3.63, 3.8) is 0 Å². The number of aliphatic carboxylic acids is 1. The molecule has 1 aliphatic rings. The van der Waals surface area contributed by atoms with Crippen molar-refractivity contribution in [2.24, 2.45) is 0 Å². The van der Waals surface area contributed by atoms with E-state index in [1.807, 2.05) is 6.92 Å². The summed E-state index contributed by atoms with van der Waals surface area (Å²) >= 11 is 5.99. The molecule has 1 fully saturated rings. The number of carbonyl (C=O) groups is 1. The number of carboxylic acids is 1. The van der Waals surface area contributed by atoms with Crippen LogP contribution < -0.4 is 5.32 Å². The van der Waals surface area contributed by atoms with Gasteiger partial charge in [-0.15, -0.1) is 0 Å². The normalized spacial score (nSPS) is 16.7. The van der Waals surface area contributed by atoms with Crippen LogP contribution in [0.4, 0.5) is 19.2 Å². The smallest absolute Gasteiger partial charge is 0.490 e. The third kappa shape index (κ3) is 6.26. The lowest BCUT2D eigenvalue weighted by atomic mass is 10.0. The quantitative estimate of drug-likeness (QED) is 0.474. The first-order valence-electron chi connectivity index (χ1n) is 10.4. The Kier molecular flexibility index (Phi) is 7.82. The van der Waals surface area contributed by atoms with Gasteiger partial charge in [0, 0.05) is 23.2 Å². The van der Waals surface area contributed by atoms with Gasteiger partial charge < -0.3 is 24.8 Å². The number of anilines is 1. The molecule has 0 amide bonds. The minimum Gasteiger partial charge on any atom is -0.507 e. The van der Waals surface area contributed by atoms with Crippen LogP contribution >= 0.6 is 11.6 Å². The van der Waals surface area contributed by atoms with Crippen LogP contribution in [0.25, 0.3) is 22.6 Å². The summed E-state index contributed by atoms with van der Waals surface area (Å²) in [6, 6.07) is 4.01. The standard InChI is InChI=1S/C19H22ClN5O2.C2HF3O2/c1-3-25-6-4-5-13(10-25)22-19-24-17-18(27-19)21-9-14(23-17)16-11(2)7-12(20)8-15(16)26;3-2(4,5)1(6)7/h7-9,13,26H,3-6,10H2,1-2H3,(H,22,23,24);(H,6,7)/t13-;/m1./s1.